The SMILES string of the molecule is O=C(Nc1ccc(Cl)cc1)Nc1n[nH]c2c1CCNC2. The van der Waals surface area contributed by atoms with Crippen LogP contribution >= 0.6 is 11.6 Å². The highest BCUT2D eigenvalue weighted by Crippen LogP contribution is 2.20. The molecular formula is C13H14ClN5O. The van der Waals surface area contributed by atoms with Crippen molar-refractivity contribution in [1.82, 2.24) is 15.5 Å². The zero-order chi connectivity index (χ0) is 13.9. The van der Waals surface area contributed by atoms with Gasteiger partial charge in [-0.3, -0.25) is 10.4 Å². The minimum Gasteiger partial charge on any atom is -0.311 e. The monoisotopic (exact) mass is 291 g/mol. The first kappa shape index (κ1) is 13.0. The molecule has 0 spiro atoms. The van der Waals surface area contributed by atoms with Gasteiger partial charge in [0.1, 0.15) is 0 Å². The third kappa shape index (κ3) is 2.76. The average Bonchev–Trinajstić information content (AvgIpc) is 2.85. The van der Waals surface area contributed by atoms with Crippen molar-refractivity contribution >= 4 is 29.1 Å². The van der Waals surface area contributed by atoms with Crippen LogP contribution in [-0.2, 0) is 13.0 Å². The van der Waals surface area contributed by atoms with E-state index < -0.39 is 0 Å². The minimum atomic E-state index is -0.319. The standard InChI is InChI=1S/C13H14ClN5O/c14-8-1-3-9(4-2-8)16-13(20)17-12-10-5-6-15-7-11(10)18-19-12/h1-4,15H,5-7H2,(H3,16,17,18,19,20). The number of hydrogen-bond donors (Lipinski definition) is 4. The second-order valence-corrected chi connectivity index (χ2v) is 4.98. The number of halogens is 1. The lowest BCUT2D eigenvalue weighted by molar-refractivity contribution is 0.262. The van der Waals surface area contributed by atoms with Crippen LogP contribution in [0.5, 0.6) is 0 Å². The maximum atomic E-state index is 11.9. The fourth-order valence-corrected chi connectivity index (χ4v) is 2.28. The van der Waals surface area contributed by atoms with Gasteiger partial charge in [0.25, 0.3) is 0 Å². The molecule has 0 radical (unpaired) electrons. The van der Waals surface area contributed by atoms with E-state index >= 15 is 0 Å². The van der Waals surface area contributed by atoms with Crippen molar-refractivity contribution in [2.75, 3.05) is 17.2 Å². The lowest BCUT2D eigenvalue weighted by Crippen LogP contribution is -2.25. The van der Waals surface area contributed by atoms with Crippen molar-refractivity contribution in [3.8, 4) is 0 Å². The van der Waals surface area contributed by atoms with Gasteiger partial charge in [0.15, 0.2) is 5.82 Å². The Morgan fingerprint density at radius 3 is 2.85 bits per heavy atom. The summed E-state index contributed by atoms with van der Waals surface area (Å²) in [7, 11) is 0. The molecule has 1 aromatic heterocycles. The predicted octanol–water partition coefficient (Wildman–Crippen LogP) is 2.35. The molecule has 0 unspecified atom stereocenters. The van der Waals surface area contributed by atoms with Gasteiger partial charge in [-0.15, -0.1) is 0 Å². The van der Waals surface area contributed by atoms with Crippen molar-refractivity contribution in [1.29, 1.82) is 0 Å². The summed E-state index contributed by atoms with van der Waals surface area (Å²) in [6, 6.07) is 6.61. The zero-order valence-corrected chi connectivity index (χ0v) is 11.4. The molecule has 1 aliphatic rings. The number of carbonyl (C=O) groups is 1. The van der Waals surface area contributed by atoms with E-state index in [-0.39, 0.29) is 6.03 Å². The summed E-state index contributed by atoms with van der Waals surface area (Å²) in [6.07, 6.45) is 0.850. The quantitative estimate of drug-likeness (QED) is 0.685. The lowest BCUT2D eigenvalue weighted by atomic mass is 10.1. The summed E-state index contributed by atoms with van der Waals surface area (Å²) in [5.74, 6) is 0.591. The Labute approximate surface area is 120 Å². The number of rotatable bonds is 2. The third-order valence-electron chi connectivity index (χ3n) is 3.14. The molecule has 0 bridgehead atoms. The summed E-state index contributed by atoms with van der Waals surface area (Å²) in [4.78, 5) is 11.9. The van der Waals surface area contributed by atoms with Gasteiger partial charge in [-0.25, -0.2) is 4.79 Å². The van der Waals surface area contributed by atoms with Gasteiger partial charge in [-0.2, -0.15) is 5.10 Å². The molecule has 2 amide bonds. The van der Waals surface area contributed by atoms with Gasteiger partial charge in [-0.1, -0.05) is 11.6 Å². The predicted molar refractivity (Wildman–Crippen MR) is 78.1 cm³/mol. The highest BCUT2D eigenvalue weighted by molar-refractivity contribution is 6.30. The number of nitrogens with one attached hydrogen (secondary N) is 4. The van der Waals surface area contributed by atoms with Crippen molar-refractivity contribution in [2.24, 2.45) is 0 Å². The molecule has 104 valence electrons. The van der Waals surface area contributed by atoms with Crippen molar-refractivity contribution in [3.63, 3.8) is 0 Å². The van der Waals surface area contributed by atoms with Crippen LogP contribution in [-0.4, -0.2) is 22.8 Å². The number of urea groups is 1. The van der Waals surface area contributed by atoms with Gasteiger partial charge in [0.05, 0.1) is 5.69 Å². The molecule has 2 heterocycles. The van der Waals surface area contributed by atoms with Crippen molar-refractivity contribution in [2.45, 2.75) is 13.0 Å². The molecule has 7 heteroatoms. The number of benzene rings is 1. The highest BCUT2D eigenvalue weighted by Gasteiger charge is 2.17. The van der Waals surface area contributed by atoms with Crippen LogP contribution in [0.1, 0.15) is 11.3 Å². The van der Waals surface area contributed by atoms with Crippen molar-refractivity contribution < 1.29 is 4.79 Å². The smallest absolute Gasteiger partial charge is 0.311 e. The number of amides is 2. The maximum Gasteiger partial charge on any atom is 0.324 e. The van der Waals surface area contributed by atoms with Crippen LogP contribution in [0, 0.1) is 0 Å². The Morgan fingerprint density at radius 2 is 2.05 bits per heavy atom. The van der Waals surface area contributed by atoms with Crippen LogP contribution < -0.4 is 16.0 Å². The maximum absolute atomic E-state index is 11.9. The fourth-order valence-electron chi connectivity index (χ4n) is 2.15. The van der Waals surface area contributed by atoms with Crippen LogP contribution in [0.4, 0.5) is 16.3 Å². The second-order valence-electron chi connectivity index (χ2n) is 4.54. The molecule has 0 fully saturated rings. The number of H-pyrrole nitrogens is 1. The van der Waals surface area contributed by atoms with E-state index in [1.165, 1.54) is 0 Å². The Kier molecular flexibility index (Phi) is 3.58. The molecule has 6 nitrogen and oxygen atoms in total. The molecule has 20 heavy (non-hydrogen) atoms. The van der Waals surface area contributed by atoms with E-state index in [9.17, 15) is 4.79 Å². The highest BCUT2D eigenvalue weighted by atomic mass is 35.5. The van der Waals surface area contributed by atoms with Crippen molar-refractivity contribution in [3.05, 3.63) is 40.5 Å². The largest absolute Gasteiger partial charge is 0.324 e. The zero-order valence-electron chi connectivity index (χ0n) is 10.7. The van der Waals surface area contributed by atoms with Gasteiger partial charge in [0.2, 0.25) is 0 Å². The molecule has 0 aliphatic carbocycles. The second kappa shape index (κ2) is 5.52. The number of aromatic nitrogens is 2. The van der Waals surface area contributed by atoms with Gasteiger partial charge in [0, 0.05) is 22.8 Å². The summed E-state index contributed by atoms with van der Waals surface area (Å²) in [5, 5.41) is 16.4. The average molecular weight is 292 g/mol. The summed E-state index contributed by atoms with van der Waals surface area (Å²) >= 11 is 5.79. The molecule has 1 aliphatic heterocycles. The first-order valence-corrected chi connectivity index (χ1v) is 6.70. The number of carbonyl (C=O) groups excluding carboxylic acids is 1. The van der Waals surface area contributed by atoms with Crippen LogP contribution in [0.25, 0.3) is 0 Å². The molecule has 4 N–H and O–H groups in total. The van der Waals surface area contributed by atoms with Gasteiger partial charge < -0.3 is 10.6 Å². The van der Waals surface area contributed by atoms with Gasteiger partial charge in [-0.05, 0) is 37.2 Å². The van der Waals surface area contributed by atoms with Crippen LogP contribution in [0.3, 0.4) is 0 Å². The molecule has 1 aromatic carbocycles. The first-order chi connectivity index (χ1) is 9.72. The normalized spacial score (nSPS) is 13.7. The number of fused-ring (bicyclic) bond motifs is 1. The fraction of sp³-hybridized carbons (Fsp3) is 0.231. The Bertz CT molecular complexity index is 622. The van der Waals surface area contributed by atoms with E-state index in [0.717, 1.165) is 30.8 Å². The van der Waals surface area contributed by atoms with E-state index in [4.69, 9.17) is 11.6 Å². The van der Waals surface area contributed by atoms with E-state index in [1.807, 2.05) is 0 Å². The topological polar surface area (TPSA) is 81.8 Å². The lowest BCUT2D eigenvalue weighted by Gasteiger charge is -2.13. The third-order valence-corrected chi connectivity index (χ3v) is 3.39. The summed E-state index contributed by atoms with van der Waals surface area (Å²) in [6.45, 7) is 1.64. The van der Waals surface area contributed by atoms with E-state index in [0.29, 0.717) is 16.5 Å². The molecule has 0 saturated carbocycles. The molecule has 3 rings (SSSR count). The number of hydrogen-bond acceptors (Lipinski definition) is 3. The van der Waals surface area contributed by atoms with Gasteiger partial charge >= 0.3 is 6.03 Å². The molecule has 0 atom stereocenters. The first-order valence-electron chi connectivity index (χ1n) is 6.33. The number of nitrogens with zero attached hydrogens (tertiary/aromatic N) is 1. The van der Waals surface area contributed by atoms with Crippen LogP contribution in [0.15, 0.2) is 24.3 Å². The minimum absolute atomic E-state index is 0.319. The number of aromatic amines is 1. The molecular weight excluding hydrogens is 278 g/mol. The number of anilines is 2. The summed E-state index contributed by atoms with van der Waals surface area (Å²) < 4.78 is 0. The van der Waals surface area contributed by atoms with E-state index in [1.54, 1.807) is 24.3 Å². The Hall–Kier alpha value is -2.05. The Morgan fingerprint density at radius 1 is 1.25 bits per heavy atom. The van der Waals surface area contributed by atoms with E-state index in [2.05, 4.69) is 26.1 Å². The molecule has 0 saturated heterocycles. The molecule has 2 aromatic rings. The van der Waals surface area contributed by atoms with Crippen LogP contribution in [0.2, 0.25) is 5.02 Å². The Balaban J connectivity index is 1.67. The summed E-state index contributed by atoms with van der Waals surface area (Å²) in [5.41, 5.74) is 2.77.